The molecule has 0 N–H and O–H groups in total. The lowest BCUT2D eigenvalue weighted by Gasteiger charge is -2.27. The first kappa shape index (κ1) is 22.7. The third-order valence-electron chi connectivity index (χ3n) is 6.05. The molecule has 0 radical (unpaired) electrons. The van der Waals surface area contributed by atoms with E-state index >= 15 is 0 Å². The highest BCUT2D eigenvalue weighted by molar-refractivity contribution is 7.99. The molecular formula is C24H28N6O3S. The fourth-order valence-electron chi connectivity index (χ4n) is 4.22. The second-order valence-electron chi connectivity index (χ2n) is 8.30. The Labute approximate surface area is 202 Å². The average Bonchev–Trinajstić information content (AvgIpc) is 3.63. The zero-order valence-electron chi connectivity index (χ0n) is 19.4. The second-order valence-corrected chi connectivity index (χ2v) is 9.24. The molecule has 0 bridgehead atoms. The minimum absolute atomic E-state index is 0.0907. The van der Waals surface area contributed by atoms with Crippen molar-refractivity contribution in [1.29, 1.82) is 0 Å². The summed E-state index contributed by atoms with van der Waals surface area (Å²) in [6.45, 7) is 7.78. The Morgan fingerprint density at radius 1 is 1.15 bits per heavy atom. The van der Waals surface area contributed by atoms with Gasteiger partial charge in [-0.05, 0) is 31.5 Å². The maximum Gasteiger partial charge on any atom is 0.253 e. The molecule has 9 nitrogen and oxygen atoms in total. The number of thioether (sulfide) groups is 1. The van der Waals surface area contributed by atoms with Gasteiger partial charge in [0.2, 0.25) is 5.95 Å². The summed E-state index contributed by atoms with van der Waals surface area (Å²) in [5, 5.41) is 15.8. The van der Waals surface area contributed by atoms with Crippen LogP contribution in [-0.4, -0.2) is 63.4 Å². The Balaban J connectivity index is 1.33. The second kappa shape index (κ2) is 10.0. The number of furan rings is 1. The molecule has 10 heteroatoms. The number of ether oxygens (including phenoxy) is 1. The molecule has 3 aromatic rings. The van der Waals surface area contributed by atoms with Crippen molar-refractivity contribution in [2.75, 3.05) is 37.0 Å². The number of carbonyl (C=O) groups excluding carboxylic acids is 1. The van der Waals surface area contributed by atoms with E-state index in [0.717, 1.165) is 47.8 Å². The minimum Gasteiger partial charge on any atom is -0.467 e. The molecule has 0 aliphatic carbocycles. The van der Waals surface area contributed by atoms with E-state index in [2.05, 4.69) is 45.6 Å². The van der Waals surface area contributed by atoms with E-state index in [9.17, 15) is 4.79 Å². The Morgan fingerprint density at radius 2 is 1.94 bits per heavy atom. The van der Waals surface area contributed by atoms with Gasteiger partial charge in [-0.3, -0.25) is 9.36 Å². The smallest absolute Gasteiger partial charge is 0.253 e. The highest BCUT2D eigenvalue weighted by atomic mass is 32.2. The summed E-state index contributed by atoms with van der Waals surface area (Å²) >= 11 is 1.39. The maximum atomic E-state index is 13.3. The highest BCUT2D eigenvalue weighted by Crippen LogP contribution is 2.34. The summed E-state index contributed by atoms with van der Waals surface area (Å²) in [6, 6.07) is 11.7. The van der Waals surface area contributed by atoms with E-state index in [-0.39, 0.29) is 17.7 Å². The van der Waals surface area contributed by atoms with E-state index in [1.807, 2.05) is 24.3 Å². The van der Waals surface area contributed by atoms with Gasteiger partial charge in [0.25, 0.3) is 5.91 Å². The van der Waals surface area contributed by atoms with Crippen LogP contribution in [0.25, 0.3) is 0 Å². The first-order chi connectivity index (χ1) is 16.6. The Hall–Kier alpha value is -3.11. The molecule has 1 unspecified atom stereocenters. The van der Waals surface area contributed by atoms with Gasteiger partial charge in [0.1, 0.15) is 11.8 Å². The summed E-state index contributed by atoms with van der Waals surface area (Å²) in [4.78, 5) is 15.5. The summed E-state index contributed by atoms with van der Waals surface area (Å²) < 4.78 is 13.2. The topological polar surface area (TPSA) is 89.0 Å². The number of amides is 1. The molecule has 0 saturated carbocycles. The highest BCUT2D eigenvalue weighted by Gasteiger charge is 2.35. The largest absolute Gasteiger partial charge is 0.467 e. The molecule has 34 heavy (non-hydrogen) atoms. The van der Waals surface area contributed by atoms with Gasteiger partial charge in [0, 0.05) is 26.1 Å². The van der Waals surface area contributed by atoms with Crippen molar-refractivity contribution in [3.05, 3.63) is 59.5 Å². The van der Waals surface area contributed by atoms with Crippen molar-refractivity contribution >= 4 is 29.3 Å². The van der Waals surface area contributed by atoms with Crippen molar-refractivity contribution in [3.63, 3.8) is 0 Å². The zero-order chi connectivity index (χ0) is 23.5. The summed E-state index contributed by atoms with van der Waals surface area (Å²) in [5.74, 6) is 1.68. The summed E-state index contributed by atoms with van der Waals surface area (Å²) in [7, 11) is 0. The van der Waals surface area contributed by atoms with E-state index in [1.165, 1.54) is 17.3 Å². The zero-order valence-corrected chi connectivity index (χ0v) is 20.2. The number of hydrogen-bond donors (Lipinski definition) is 0. The lowest BCUT2D eigenvalue weighted by Crippen LogP contribution is -2.38. The van der Waals surface area contributed by atoms with Crippen LogP contribution in [0, 0.1) is 6.92 Å². The van der Waals surface area contributed by atoms with Crippen molar-refractivity contribution in [2.45, 2.75) is 38.0 Å². The van der Waals surface area contributed by atoms with Crippen LogP contribution in [0.15, 0.2) is 57.3 Å². The Bertz CT molecular complexity index is 1150. The van der Waals surface area contributed by atoms with Gasteiger partial charge in [0.15, 0.2) is 5.16 Å². The van der Waals surface area contributed by atoms with Crippen LogP contribution in [0.1, 0.15) is 36.3 Å². The molecule has 4 heterocycles. The fraction of sp³-hybridized carbons (Fsp3) is 0.417. The number of benzene rings is 1. The number of hydrazone groups is 1. The van der Waals surface area contributed by atoms with E-state index in [0.29, 0.717) is 19.6 Å². The van der Waals surface area contributed by atoms with Crippen LogP contribution >= 0.6 is 11.8 Å². The lowest BCUT2D eigenvalue weighted by molar-refractivity contribution is -0.130. The molecule has 1 amide bonds. The van der Waals surface area contributed by atoms with Crippen LogP contribution in [0.3, 0.4) is 0 Å². The molecule has 1 fully saturated rings. The summed E-state index contributed by atoms with van der Waals surface area (Å²) in [6.07, 6.45) is 2.24. The van der Waals surface area contributed by atoms with Gasteiger partial charge in [-0.15, -0.1) is 10.2 Å². The monoisotopic (exact) mass is 480 g/mol. The molecular weight excluding hydrogens is 452 g/mol. The lowest BCUT2D eigenvalue weighted by atomic mass is 10.0. The van der Waals surface area contributed by atoms with Crippen molar-refractivity contribution in [2.24, 2.45) is 5.10 Å². The van der Waals surface area contributed by atoms with Crippen molar-refractivity contribution in [3.8, 4) is 0 Å². The molecule has 2 aliphatic rings. The number of carbonyl (C=O) groups is 1. The molecule has 1 aromatic carbocycles. The van der Waals surface area contributed by atoms with E-state index < -0.39 is 0 Å². The molecule has 178 valence electrons. The minimum atomic E-state index is -0.257. The SMILES string of the molecule is CCn1c(SCC(=O)N2N=C(c3ccc(C)cc3)CC2c2ccco2)nnc1N1CCOCC1. The number of nitrogens with zero attached hydrogens (tertiary/aromatic N) is 6. The van der Waals surface area contributed by atoms with Crippen LogP contribution in [0.5, 0.6) is 0 Å². The molecule has 2 aromatic heterocycles. The fourth-order valence-corrected chi connectivity index (χ4v) is 5.07. The number of rotatable bonds is 7. The van der Waals surface area contributed by atoms with E-state index in [1.54, 1.807) is 11.3 Å². The number of aromatic nitrogens is 3. The van der Waals surface area contributed by atoms with Crippen LogP contribution in [-0.2, 0) is 16.1 Å². The predicted molar refractivity (Wildman–Crippen MR) is 130 cm³/mol. The number of anilines is 1. The standard InChI is InChI=1S/C24H28N6O3S/c1-3-29-23(28-10-13-32-14-11-28)25-26-24(29)34-16-22(31)30-20(21-5-4-12-33-21)15-19(27-30)18-8-6-17(2)7-9-18/h4-9,12,20H,3,10-11,13-16H2,1-2H3. The number of morpholine rings is 1. The van der Waals surface area contributed by atoms with Gasteiger partial charge < -0.3 is 14.1 Å². The van der Waals surface area contributed by atoms with Crippen LogP contribution in [0.2, 0.25) is 0 Å². The van der Waals surface area contributed by atoms with Crippen LogP contribution in [0.4, 0.5) is 5.95 Å². The molecule has 2 aliphatic heterocycles. The quantitative estimate of drug-likeness (QED) is 0.478. The first-order valence-corrected chi connectivity index (χ1v) is 12.5. The van der Waals surface area contributed by atoms with Gasteiger partial charge in [-0.25, -0.2) is 5.01 Å². The van der Waals surface area contributed by atoms with E-state index in [4.69, 9.17) is 14.3 Å². The van der Waals surface area contributed by atoms with Gasteiger partial charge in [0.05, 0.1) is 30.9 Å². The van der Waals surface area contributed by atoms with Gasteiger partial charge in [-0.1, -0.05) is 41.6 Å². The molecule has 1 saturated heterocycles. The maximum absolute atomic E-state index is 13.3. The van der Waals surface area contributed by atoms with Crippen molar-refractivity contribution < 1.29 is 13.9 Å². The first-order valence-electron chi connectivity index (χ1n) is 11.5. The Morgan fingerprint density at radius 3 is 2.65 bits per heavy atom. The molecule has 5 rings (SSSR count). The number of hydrogen-bond acceptors (Lipinski definition) is 8. The third kappa shape index (κ3) is 4.60. The average molecular weight is 481 g/mol. The predicted octanol–water partition coefficient (Wildman–Crippen LogP) is 3.51. The number of aryl methyl sites for hydroxylation is 1. The van der Waals surface area contributed by atoms with Crippen molar-refractivity contribution in [1.82, 2.24) is 19.8 Å². The van der Waals surface area contributed by atoms with Gasteiger partial charge in [-0.2, -0.15) is 5.10 Å². The molecule has 1 atom stereocenters. The summed E-state index contributed by atoms with van der Waals surface area (Å²) in [5.41, 5.74) is 3.09. The molecule has 0 spiro atoms. The third-order valence-corrected chi connectivity index (χ3v) is 7.01. The Kier molecular flexibility index (Phi) is 6.68. The van der Waals surface area contributed by atoms with Gasteiger partial charge >= 0.3 is 0 Å². The van der Waals surface area contributed by atoms with Crippen LogP contribution < -0.4 is 4.90 Å². The normalized spacial score (nSPS) is 18.4.